The fourth-order valence-electron chi connectivity index (χ4n) is 16.3. The maximum Gasteiger partial charge on any atom is 0.330 e. The molecule has 13 rings (SSSR count). The molecule has 35 nitrogen and oxygen atoms in total. The van der Waals surface area contributed by atoms with Crippen molar-refractivity contribution < 1.29 is 135 Å². The summed E-state index contributed by atoms with van der Waals surface area (Å²) in [4.78, 5) is 134. The van der Waals surface area contributed by atoms with Crippen molar-refractivity contribution in [2.75, 3.05) is 19.8 Å². The number of ether oxygens (including phenoxy) is 8. The molecule has 129 heavy (non-hydrogen) atoms. The van der Waals surface area contributed by atoms with Gasteiger partial charge in [-0.3, -0.25) is 38.4 Å². The van der Waals surface area contributed by atoms with Gasteiger partial charge in [-0.1, -0.05) is 121 Å². The van der Waals surface area contributed by atoms with Gasteiger partial charge in [0.2, 0.25) is 51.6 Å². The Morgan fingerprint density at radius 1 is 0.690 bits per heavy atom. The molecule has 0 radical (unpaired) electrons. The number of hydrogen-bond donors (Lipinski definition) is 16. The lowest BCUT2D eigenvalue weighted by atomic mass is 9.84. The number of benzene rings is 6. The molecule has 11 bridgehead atoms. The summed E-state index contributed by atoms with van der Waals surface area (Å²) in [6.45, 7) is 10.3. The van der Waals surface area contributed by atoms with E-state index in [1.807, 2.05) is 13.8 Å². The number of carboxylic acids is 1. The van der Waals surface area contributed by atoms with Gasteiger partial charge >= 0.3 is 11.9 Å². The largest absolute Gasteiger partial charge is 0.507 e. The molecule has 2 saturated heterocycles. The molecule has 38 heteroatoms. The molecule has 5 amide bonds. The van der Waals surface area contributed by atoms with Crippen LogP contribution in [0.1, 0.15) is 216 Å². The fourth-order valence-corrected chi connectivity index (χ4v) is 17.8. The summed E-state index contributed by atoms with van der Waals surface area (Å²) >= 11 is 14.3. The van der Waals surface area contributed by atoms with Crippen molar-refractivity contribution in [3.8, 4) is 62.9 Å². The third kappa shape index (κ3) is 24.9. The predicted molar refractivity (Wildman–Crippen MR) is 467 cm³/mol. The first-order chi connectivity index (χ1) is 60.8. The lowest BCUT2D eigenvalue weighted by molar-refractivity contribution is -0.333. The topological polar surface area (TPSA) is 556 Å². The number of halogens is 2. The van der Waals surface area contributed by atoms with Crippen LogP contribution < -0.4 is 61.1 Å². The average molecular weight is 1860 g/mol. The van der Waals surface area contributed by atoms with Crippen molar-refractivity contribution in [1.82, 2.24) is 26.0 Å². The van der Waals surface area contributed by atoms with Gasteiger partial charge in [0, 0.05) is 72.9 Å². The highest BCUT2D eigenvalue weighted by Crippen LogP contribution is 2.51. The lowest BCUT2D eigenvalue weighted by Gasteiger charge is -2.47. The third-order valence-electron chi connectivity index (χ3n) is 23.3. The molecular formula is C91H115Cl2N7O28S. The van der Waals surface area contributed by atoms with Crippen LogP contribution in [0.2, 0.25) is 10.0 Å². The summed E-state index contributed by atoms with van der Waals surface area (Å²) in [5, 5.41) is 115. The van der Waals surface area contributed by atoms with Crippen LogP contribution >= 0.6 is 23.2 Å². The number of ketones is 2. The highest BCUT2D eigenvalue weighted by Gasteiger charge is 2.52. The smallest absolute Gasteiger partial charge is 0.330 e. The number of phenols is 2. The number of fused-ring (bicyclic) bond motifs is 15. The molecule has 7 aliphatic heterocycles. The average Bonchev–Trinajstić information content (AvgIpc) is 0.767. The highest BCUT2D eigenvalue weighted by atomic mass is 35.5. The maximum atomic E-state index is 16.5. The van der Waals surface area contributed by atoms with E-state index in [0.717, 1.165) is 92.8 Å². The number of aliphatic hydroxyl groups excluding tert-OH is 6. The van der Waals surface area contributed by atoms with Crippen LogP contribution in [0.15, 0.2) is 108 Å². The van der Waals surface area contributed by atoms with Gasteiger partial charge in [0.15, 0.2) is 41.5 Å². The Labute approximate surface area is 756 Å². The lowest BCUT2D eigenvalue weighted by Crippen LogP contribution is -2.64. The second-order valence-corrected chi connectivity index (χ2v) is 36.2. The number of amides is 5. The number of aliphatic hydroxyl groups is 6. The minimum absolute atomic E-state index is 0. The number of aliphatic carboxylic acids is 1. The Bertz CT molecular complexity index is 5160. The quantitative estimate of drug-likeness (QED) is 0.0110. The van der Waals surface area contributed by atoms with E-state index in [9.17, 15) is 73.6 Å². The molecule has 18 atom stereocenters. The van der Waals surface area contributed by atoms with Gasteiger partial charge in [-0.15, -0.1) is 0 Å². The highest BCUT2D eigenvalue weighted by molar-refractivity contribution is 7.89. The van der Waals surface area contributed by atoms with Crippen LogP contribution in [-0.4, -0.2) is 194 Å². The van der Waals surface area contributed by atoms with E-state index in [1.165, 1.54) is 44.2 Å². The molecule has 0 aromatic heterocycles. The number of esters is 1. The Morgan fingerprint density at radius 3 is 1.95 bits per heavy atom. The normalized spacial score (nSPS) is 25.7. The molecule has 2 fully saturated rings. The van der Waals surface area contributed by atoms with Crippen molar-refractivity contribution in [2.24, 2.45) is 29.2 Å². The summed E-state index contributed by atoms with van der Waals surface area (Å²) in [5.41, 5.74) is 8.36. The SMILES string of the molecule is C.CCCCCCCOc1ccc(S(=O)(=O)NCCCCCCCC(=O)Oc2cc(O)c3c(c2)[C@@H](C(=O)O)NC(=O)[C@H]2NC(=O)[C@H](CC(=O)[C@@H]4NC(=O)[C@H](CC(N)=O)CC(=O)[C@H](NC(=O)[C@H](CC)CC(C)C)[C@H](O)c5ccc(c(Cl)c5)Oc5cc4cc(c5O[C@@H]4O[C@H](CO)[C@@H](O)[C@H](O)[C@H]4O[C@H]4C[C@](C)(N)[C@H](O)[C@H](C)O4)Oc4ccc(cc4Cl)[C@H]2O)c2ccc(O)c-3c2)cc1. The monoisotopic (exact) mass is 1860 g/mol. The van der Waals surface area contributed by atoms with E-state index in [4.69, 9.17) is 72.6 Å². The number of rotatable bonds is 31. The molecule has 702 valence electrons. The Hall–Kier alpha value is -10.2. The first kappa shape index (κ1) is 101. The van der Waals surface area contributed by atoms with Crippen LogP contribution in [0.4, 0.5) is 0 Å². The van der Waals surface area contributed by atoms with Crippen molar-refractivity contribution in [3.63, 3.8) is 0 Å². The minimum atomic E-state index is -3.84. The number of Topliss-reactive ketones (excluding diaryl/α,β-unsaturated/α-hetero) is 2. The van der Waals surface area contributed by atoms with Gasteiger partial charge in [-0.2, -0.15) is 0 Å². The predicted octanol–water partition coefficient (Wildman–Crippen LogP) is 9.02. The molecule has 0 aliphatic carbocycles. The number of carboxylic acid groups (broad SMARTS) is 1. The third-order valence-corrected chi connectivity index (χ3v) is 25.4. The summed E-state index contributed by atoms with van der Waals surface area (Å²) in [5.74, 6) is -19.6. The van der Waals surface area contributed by atoms with Crippen LogP contribution in [0.3, 0.4) is 0 Å². The molecule has 6 aromatic carbocycles. The van der Waals surface area contributed by atoms with E-state index >= 15 is 24.0 Å². The van der Waals surface area contributed by atoms with Crippen molar-refractivity contribution >= 4 is 86.3 Å². The number of unbranched alkanes of at least 4 members (excludes halogenated alkanes) is 8. The summed E-state index contributed by atoms with van der Waals surface area (Å²) < 4.78 is 79.1. The van der Waals surface area contributed by atoms with Crippen molar-refractivity contribution in [2.45, 2.75) is 260 Å². The van der Waals surface area contributed by atoms with Gasteiger partial charge in [-0.25, -0.2) is 17.9 Å². The van der Waals surface area contributed by atoms with Crippen LogP contribution in [0.25, 0.3) is 11.1 Å². The summed E-state index contributed by atoms with van der Waals surface area (Å²) in [6.07, 6.45) is -12.8. The van der Waals surface area contributed by atoms with E-state index < -0.39 is 265 Å². The van der Waals surface area contributed by atoms with E-state index in [-0.39, 0.29) is 77.9 Å². The second kappa shape index (κ2) is 44.6. The first-order valence-corrected chi connectivity index (χ1v) is 45.0. The van der Waals surface area contributed by atoms with E-state index in [2.05, 4.69) is 32.9 Å². The zero-order chi connectivity index (χ0) is 92.9. The van der Waals surface area contributed by atoms with Crippen LogP contribution in [0.5, 0.6) is 51.7 Å². The molecule has 0 unspecified atom stereocenters. The fraction of sp³-hybridized carbons (Fsp3) is 0.505. The van der Waals surface area contributed by atoms with Crippen LogP contribution in [-0.2, 0) is 67.4 Å². The molecule has 0 spiro atoms. The number of sulfonamides is 1. The molecule has 18 N–H and O–H groups in total. The number of carbonyl (C=O) groups is 9. The maximum absolute atomic E-state index is 16.5. The van der Waals surface area contributed by atoms with Crippen LogP contribution in [0, 0.1) is 17.8 Å². The van der Waals surface area contributed by atoms with Gasteiger partial charge in [0.05, 0.1) is 52.2 Å². The molecular weight excluding hydrogens is 1740 g/mol. The Kier molecular flexibility index (Phi) is 34.9. The number of nitrogens with one attached hydrogen (secondary N) is 5. The minimum Gasteiger partial charge on any atom is -0.507 e. The molecule has 7 heterocycles. The molecule has 7 aliphatic rings. The van der Waals surface area contributed by atoms with Crippen molar-refractivity contribution in [1.29, 1.82) is 0 Å². The zero-order valence-electron chi connectivity index (χ0n) is 71.4. The number of carbonyl (C=O) groups excluding carboxylic acids is 8. The van der Waals surface area contributed by atoms with Crippen molar-refractivity contribution in [3.05, 3.63) is 141 Å². The zero-order valence-corrected chi connectivity index (χ0v) is 73.8. The van der Waals surface area contributed by atoms with E-state index in [0.29, 0.717) is 44.5 Å². The molecule has 6 aromatic rings. The number of phenolic OH excluding ortho intramolecular Hbond substituents is 2. The number of primary amides is 1. The van der Waals surface area contributed by atoms with E-state index in [1.54, 1.807) is 19.1 Å². The Morgan fingerprint density at radius 2 is 1.33 bits per heavy atom. The summed E-state index contributed by atoms with van der Waals surface area (Å²) in [6, 6.07) is 11.7. The van der Waals surface area contributed by atoms with Gasteiger partial charge < -0.3 is 117 Å². The van der Waals surface area contributed by atoms with Gasteiger partial charge in [0.1, 0.15) is 83.1 Å². The summed E-state index contributed by atoms with van der Waals surface area (Å²) in [7, 11) is -3.84. The second-order valence-electron chi connectivity index (χ2n) is 33.7. The Balaban J connectivity index is 0.0000173. The van der Waals surface area contributed by atoms with Gasteiger partial charge in [-0.05, 0) is 153 Å². The number of hydrogen-bond acceptors (Lipinski definition) is 28. The first-order valence-electron chi connectivity index (χ1n) is 42.8. The van der Waals surface area contributed by atoms with Gasteiger partial charge in [0.25, 0.3) is 0 Å². The molecule has 0 saturated carbocycles. The standard InChI is InChI=1S/C90H111Cl2N7O28S.CH4/c1-7-9-10-14-17-30-120-52-22-24-54(25-23-52)128(118,119)95-29-16-13-11-12-15-18-70(106)122-53-39-57-72(61(102)40-53)56-32-47(19-26-60(56)101)55-41-63(104)73-50-36-66(123-64-27-20-48(33-58(64)91)77(107)75(98-84(112)46(8-2)31-44(3)4)62(103)35-51(38-69(93)105)85(113)96-73)81(127-89-82(80(110)79(109)68(43-100)125-89)126-71-42-90(6,94)83(111)45(5)121-71)67(37-50)124-65-28-21-49(34-59(65)92)78(108)76(99-86(55)114)87(115)97-74(57)88(116)117;/h19-28,32-34,36-37,39-40,44-46,51,55,68,71,73-80,82-83,89,95,100-102,107-111H,7-18,29-31,35,38,41-43,94H2,1-6H3,(H2,93,105)(H,96,113)(H,97,115)(H,98,112)(H,99,114)(H,116,117);1H4/t45-,46+,51-,55+,68+,71-,73+,74-,75-,76-,77+,78+,79+,80-,82+,83+,89-,90-;/m0./s1. The number of aromatic hydroxyl groups is 2. The number of nitrogens with two attached hydrogens (primary N) is 2.